The Hall–Kier alpha value is -3.32. The topological polar surface area (TPSA) is 76.6 Å². The van der Waals surface area contributed by atoms with Crippen LogP contribution in [0.4, 0.5) is 5.13 Å². The highest BCUT2D eigenvalue weighted by Crippen LogP contribution is 2.31. The summed E-state index contributed by atoms with van der Waals surface area (Å²) >= 11 is 1.36. The molecule has 2 heterocycles. The molecule has 0 radical (unpaired) electrons. The number of hydrogen-bond acceptors (Lipinski definition) is 6. The van der Waals surface area contributed by atoms with Crippen molar-refractivity contribution < 1.29 is 19.1 Å². The van der Waals surface area contributed by atoms with E-state index in [4.69, 9.17) is 4.74 Å². The second-order valence-corrected chi connectivity index (χ2v) is 8.02. The minimum Gasteiger partial charge on any atom is -0.457 e. The maximum atomic E-state index is 12.4. The maximum Gasteiger partial charge on any atom is 0.311 e. The molecule has 0 saturated carbocycles. The van der Waals surface area contributed by atoms with Crippen LogP contribution in [0.25, 0.3) is 11.3 Å². The van der Waals surface area contributed by atoms with Crippen LogP contribution >= 0.6 is 11.3 Å². The molecule has 7 heteroatoms. The Labute approximate surface area is 178 Å². The monoisotopic (exact) mass is 420 g/mol. The van der Waals surface area contributed by atoms with Gasteiger partial charge in [0.05, 0.1) is 11.6 Å². The summed E-state index contributed by atoms with van der Waals surface area (Å²) < 4.78 is 5.20. The molecule has 0 bridgehead atoms. The summed E-state index contributed by atoms with van der Waals surface area (Å²) in [6.45, 7) is 1.81. The molecule has 0 spiro atoms. The molecule has 152 valence electrons. The van der Waals surface area contributed by atoms with Gasteiger partial charge in [0.1, 0.15) is 0 Å². The SMILES string of the molecule is Cc1ccc(C(=O)COC(=O)[C@H]2CC(=O)N(c3nc(-c4ccccc4)cs3)C2)cc1. The predicted molar refractivity (Wildman–Crippen MR) is 114 cm³/mol. The third-order valence-corrected chi connectivity index (χ3v) is 5.83. The molecule has 1 aromatic heterocycles. The first kappa shape index (κ1) is 20.0. The van der Waals surface area contributed by atoms with E-state index in [0.717, 1.165) is 16.8 Å². The van der Waals surface area contributed by atoms with Gasteiger partial charge in [0.25, 0.3) is 0 Å². The average molecular weight is 420 g/mol. The van der Waals surface area contributed by atoms with Gasteiger partial charge in [-0.05, 0) is 6.92 Å². The van der Waals surface area contributed by atoms with Crippen LogP contribution in [0.1, 0.15) is 22.3 Å². The lowest BCUT2D eigenvalue weighted by Crippen LogP contribution is -2.27. The van der Waals surface area contributed by atoms with E-state index in [0.29, 0.717) is 10.7 Å². The molecule has 1 fully saturated rings. The first-order valence-electron chi connectivity index (χ1n) is 9.59. The van der Waals surface area contributed by atoms with Crippen molar-refractivity contribution in [3.63, 3.8) is 0 Å². The van der Waals surface area contributed by atoms with Gasteiger partial charge in [-0.25, -0.2) is 4.98 Å². The van der Waals surface area contributed by atoms with Crippen LogP contribution in [-0.2, 0) is 14.3 Å². The van der Waals surface area contributed by atoms with E-state index in [1.807, 2.05) is 54.8 Å². The lowest BCUT2D eigenvalue weighted by atomic mass is 10.1. The second kappa shape index (κ2) is 8.59. The molecule has 1 amide bonds. The molecule has 1 saturated heterocycles. The number of thiazole rings is 1. The molecule has 6 nitrogen and oxygen atoms in total. The van der Waals surface area contributed by atoms with Gasteiger partial charge < -0.3 is 4.74 Å². The third kappa shape index (κ3) is 4.31. The molecule has 3 aromatic rings. The fourth-order valence-corrected chi connectivity index (χ4v) is 4.12. The van der Waals surface area contributed by atoms with Crippen molar-refractivity contribution >= 4 is 34.1 Å². The zero-order valence-electron chi connectivity index (χ0n) is 16.4. The Morgan fingerprint density at radius 3 is 2.60 bits per heavy atom. The number of nitrogens with zero attached hydrogens (tertiary/aromatic N) is 2. The largest absolute Gasteiger partial charge is 0.457 e. The van der Waals surface area contributed by atoms with Crippen molar-refractivity contribution in [3.8, 4) is 11.3 Å². The molecular formula is C23H20N2O4S. The molecule has 2 aromatic carbocycles. The Kier molecular flexibility index (Phi) is 5.72. The van der Waals surface area contributed by atoms with E-state index < -0.39 is 11.9 Å². The number of esters is 1. The Morgan fingerprint density at radius 1 is 1.13 bits per heavy atom. The van der Waals surface area contributed by atoms with E-state index in [1.165, 1.54) is 16.2 Å². The predicted octanol–water partition coefficient (Wildman–Crippen LogP) is 3.90. The Bertz CT molecular complexity index is 1080. The molecule has 0 aliphatic carbocycles. The zero-order chi connectivity index (χ0) is 21.1. The number of ether oxygens (including phenoxy) is 1. The van der Waals surface area contributed by atoms with Gasteiger partial charge in [0, 0.05) is 29.5 Å². The summed E-state index contributed by atoms with van der Waals surface area (Å²) in [5.74, 6) is -1.58. The number of hydrogen-bond donors (Lipinski definition) is 0. The molecular weight excluding hydrogens is 400 g/mol. The summed E-state index contributed by atoms with van der Waals surface area (Å²) in [6, 6.07) is 16.8. The van der Waals surface area contributed by atoms with Crippen LogP contribution in [0.5, 0.6) is 0 Å². The summed E-state index contributed by atoms with van der Waals surface area (Å²) in [7, 11) is 0. The van der Waals surface area contributed by atoms with Crippen molar-refractivity contribution in [2.75, 3.05) is 18.1 Å². The molecule has 1 aliphatic heterocycles. The van der Waals surface area contributed by atoms with Crippen LogP contribution in [0, 0.1) is 12.8 Å². The maximum absolute atomic E-state index is 12.4. The Balaban J connectivity index is 1.36. The highest BCUT2D eigenvalue weighted by atomic mass is 32.1. The summed E-state index contributed by atoms with van der Waals surface area (Å²) in [6.07, 6.45) is 0.0534. The number of carbonyl (C=O) groups is 3. The van der Waals surface area contributed by atoms with Gasteiger partial charge in [-0.15, -0.1) is 11.3 Å². The van der Waals surface area contributed by atoms with Gasteiger partial charge >= 0.3 is 5.97 Å². The lowest BCUT2D eigenvalue weighted by molar-refractivity contribution is -0.147. The molecule has 1 atom stereocenters. The van der Waals surface area contributed by atoms with E-state index in [2.05, 4.69) is 4.98 Å². The van der Waals surface area contributed by atoms with Gasteiger partial charge in [0.15, 0.2) is 17.5 Å². The van der Waals surface area contributed by atoms with Crippen LogP contribution in [0.3, 0.4) is 0 Å². The van der Waals surface area contributed by atoms with Crippen LogP contribution in [0.2, 0.25) is 0 Å². The number of Topliss-reactive ketones (excluding diaryl/α,β-unsaturated/α-hetero) is 1. The van der Waals surface area contributed by atoms with Gasteiger partial charge in [-0.3, -0.25) is 19.3 Å². The van der Waals surface area contributed by atoms with Crippen molar-refractivity contribution in [3.05, 3.63) is 71.1 Å². The quantitative estimate of drug-likeness (QED) is 0.447. The van der Waals surface area contributed by atoms with Crippen molar-refractivity contribution in [1.29, 1.82) is 0 Å². The molecule has 4 rings (SSSR count). The summed E-state index contributed by atoms with van der Waals surface area (Å²) in [5.41, 5.74) is 3.30. The normalized spacial score (nSPS) is 16.0. The first-order chi connectivity index (χ1) is 14.5. The number of amides is 1. The lowest BCUT2D eigenvalue weighted by Gasteiger charge is -2.12. The zero-order valence-corrected chi connectivity index (χ0v) is 17.2. The number of benzene rings is 2. The molecule has 30 heavy (non-hydrogen) atoms. The minimum absolute atomic E-state index is 0.0534. The van der Waals surface area contributed by atoms with Crippen molar-refractivity contribution in [1.82, 2.24) is 4.98 Å². The number of aromatic nitrogens is 1. The van der Waals surface area contributed by atoms with E-state index in [-0.39, 0.29) is 31.3 Å². The van der Waals surface area contributed by atoms with E-state index >= 15 is 0 Å². The number of rotatable bonds is 6. The van der Waals surface area contributed by atoms with Gasteiger partial charge in [-0.2, -0.15) is 0 Å². The van der Waals surface area contributed by atoms with Crippen LogP contribution < -0.4 is 4.90 Å². The Morgan fingerprint density at radius 2 is 1.87 bits per heavy atom. The molecule has 1 aliphatic rings. The van der Waals surface area contributed by atoms with Crippen molar-refractivity contribution in [2.24, 2.45) is 5.92 Å². The second-order valence-electron chi connectivity index (χ2n) is 7.18. The number of anilines is 1. The minimum atomic E-state index is -0.604. The fraction of sp³-hybridized carbons (Fsp3) is 0.217. The standard InChI is InChI=1S/C23H20N2O4S/c1-15-7-9-17(10-8-15)20(26)13-29-22(28)18-11-21(27)25(12-18)23-24-19(14-30-23)16-5-3-2-4-6-16/h2-10,14,18H,11-13H2,1H3/t18-/m0/s1. The van der Waals surface area contributed by atoms with E-state index in [9.17, 15) is 14.4 Å². The molecule has 0 unspecified atom stereocenters. The molecule has 0 N–H and O–H groups in total. The van der Waals surface area contributed by atoms with Crippen LogP contribution in [-0.4, -0.2) is 35.8 Å². The first-order valence-corrected chi connectivity index (χ1v) is 10.5. The van der Waals surface area contributed by atoms with Crippen molar-refractivity contribution in [2.45, 2.75) is 13.3 Å². The van der Waals surface area contributed by atoms with E-state index in [1.54, 1.807) is 12.1 Å². The average Bonchev–Trinajstić information content (AvgIpc) is 3.40. The van der Waals surface area contributed by atoms with Gasteiger partial charge in [-0.1, -0.05) is 60.2 Å². The van der Waals surface area contributed by atoms with Crippen LogP contribution in [0.15, 0.2) is 60.0 Å². The third-order valence-electron chi connectivity index (χ3n) is 4.97. The van der Waals surface area contributed by atoms with Gasteiger partial charge in [0.2, 0.25) is 5.91 Å². The smallest absolute Gasteiger partial charge is 0.311 e. The number of ketones is 1. The summed E-state index contributed by atoms with van der Waals surface area (Å²) in [5, 5.41) is 2.45. The highest BCUT2D eigenvalue weighted by molar-refractivity contribution is 7.14. The number of aryl methyl sites for hydroxylation is 1. The number of carbonyl (C=O) groups excluding carboxylic acids is 3. The fourth-order valence-electron chi connectivity index (χ4n) is 3.26. The highest BCUT2D eigenvalue weighted by Gasteiger charge is 2.37. The summed E-state index contributed by atoms with van der Waals surface area (Å²) in [4.78, 5) is 43.1.